The van der Waals surface area contributed by atoms with Gasteiger partial charge in [0.05, 0.1) is 0 Å². The van der Waals surface area contributed by atoms with Crippen LogP contribution in [0.4, 0.5) is 0 Å². The van der Waals surface area contributed by atoms with Crippen molar-refractivity contribution in [1.29, 1.82) is 0 Å². The minimum Gasteiger partial charge on any atom is -0.322 e. The second-order valence-electron chi connectivity index (χ2n) is 2.52. The number of carbonyl (C=O) groups is 1. The highest BCUT2D eigenvalue weighted by molar-refractivity contribution is 5.92. The number of hydrogen-bond donors (Lipinski definition) is 3. The van der Waals surface area contributed by atoms with Gasteiger partial charge in [0, 0.05) is 5.57 Å². The first-order valence-corrected chi connectivity index (χ1v) is 2.89. The molecule has 0 atom stereocenters. The molecular weight excluding hydrogens is 130 g/mol. The van der Waals surface area contributed by atoms with Crippen LogP contribution in [0.15, 0.2) is 12.2 Å². The summed E-state index contributed by atoms with van der Waals surface area (Å²) < 4.78 is 0. The third kappa shape index (κ3) is 4.05. The highest BCUT2D eigenvalue weighted by Crippen LogP contribution is 1.88. The number of hydrogen-bond acceptors (Lipinski definition) is 3. The van der Waals surface area contributed by atoms with Crippen LogP contribution in [-0.2, 0) is 4.79 Å². The van der Waals surface area contributed by atoms with Crippen molar-refractivity contribution in [2.75, 3.05) is 0 Å². The first-order chi connectivity index (χ1) is 4.33. The van der Waals surface area contributed by atoms with Crippen LogP contribution >= 0.6 is 0 Å². The zero-order valence-corrected chi connectivity index (χ0v) is 6.27. The van der Waals surface area contributed by atoms with Crippen LogP contribution in [0.2, 0.25) is 0 Å². The Balaban J connectivity index is 3.93. The van der Waals surface area contributed by atoms with Crippen molar-refractivity contribution in [3.8, 4) is 0 Å². The van der Waals surface area contributed by atoms with Gasteiger partial charge in [0.25, 0.3) is 0 Å². The van der Waals surface area contributed by atoms with Crippen molar-refractivity contribution in [3.63, 3.8) is 0 Å². The van der Waals surface area contributed by atoms with Gasteiger partial charge in [-0.1, -0.05) is 6.58 Å². The van der Waals surface area contributed by atoms with Crippen LogP contribution in [0.5, 0.6) is 0 Å². The molecule has 0 fully saturated rings. The zero-order chi connectivity index (χ0) is 8.36. The molecule has 10 heavy (non-hydrogen) atoms. The molecule has 0 radical (unpaired) electrons. The van der Waals surface area contributed by atoms with Crippen molar-refractivity contribution >= 4 is 5.91 Å². The fourth-order valence-corrected chi connectivity index (χ4v) is 0.351. The minimum absolute atomic E-state index is 0.326. The van der Waals surface area contributed by atoms with E-state index in [-0.39, 0.29) is 5.91 Å². The Morgan fingerprint density at radius 1 is 1.60 bits per heavy atom. The molecule has 0 aromatic rings. The van der Waals surface area contributed by atoms with E-state index in [1.54, 1.807) is 6.92 Å². The average Bonchev–Trinajstić information content (AvgIpc) is 1.60. The Morgan fingerprint density at radius 3 is 2.10 bits per heavy atom. The van der Waals surface area contributed by atoms with Gasteiger partial charge < -0.3 is 5.32 Å². The van der Waals surface area contributed by atoms with Gasteiger partial charge in [-0.2, -0.15) is 0 Å². The van der Waals surface area contributed by atoms with E-state index < -0.39 is 5.79 Å². The second-order valence-corrected chi connectivity index (χ2v) is 2.52. The number of rotatable bonds is 2. The SMILES string of the molecule is C=C(C)C(=O)NC(C)(N)N. The summed E-state index contributed by atoms with van der Waals surface area (Å²) in [5.74, 6) is -1.48. The summed E-state index contributed by atoms with van der Waals surface area (Å²) in [6.07, 6.45) is 0. The maximum absolute atomic E-state index is 10.8. The second kappa shape index (κ2) is 2.81. The molecule has 0 aliphatic rings. The molecule has 1 amide bonds. The standard InChI is InChI=1S/C6H13N3O/c1-4(2)5(10)9-6(3,7)8/h1,7-8H2,2-3H3,(H,9,10). The first kappa shape index (κ1) is 9.13. The molecule has 0 heterocycles. The topological polar surface area (TPSA) is 81.1 Å². The van der Waals surface area contributed by atoms with Gasteiger partial charge in [-0.25, -0.2) is 0 Å². The molecule has 0 rings (SSSR count). The lowest BCUT2D eigenvalue weighted by molar-refractivity contribution is -0.119. The summed E-state index contributed by atoms with van der Waals surface area (Å²) in [4.78, 5) is 10.8. The lowest BCUT2D eigenvalue weighted by Gasteiger charge is -2.19. The molecule has 58 valence electrons. The molecule has 0 bridgehead atoms. The normalized spacial score (nSPS) is 10.8. The fourth-order valence-electron chi connectivity index (χ4n) is 0.351. The number of nitrogens with one attached hydrogen (secondary N) is 1. The Labute approximate surface area is 60.3 Å². The van der Waals surface area contributed by atoms with E-state index in [1.807, 2.05) is 0 Å². The predicted octanol–water partition coefficient (Wildman–Crippen LogP) is -0.730. The molecule has 4 nitrogen and oxygen atoms in total. The molecule has 0 aliphatic heterocycles. The fraction of sp³-hybridized carbons (Fsp3) is 0.500. The van der Waals surface area contributed by atoms with Gasteiger partial charge >= 0.3 is 0 Å². The minimum atomic E-state index is -1.16. The lowest BCUT2D eigenvalue weighted by atomic mass is 10.3. The molecule has 5 N–H and O–H groups in total. The average molecular weight is 143 g/mol. The van der Waals surface area contributed by atoms with Gasteiger partial charge in [0.1, 0.15) is 5.79 Å². The third-order valence-corrected chi connectivity index (χ3v) is 0.770. The van der Waals surface area contributed by atoms with Gasteiger partial charge in [-0.15, -0.1) is 0 Å². The van der Waals surface area contributed by atoms with Gasteiger partial charge in [0.15, 0.2) is 0 Å². The Bertz CT molecular complexity index is 157. The highest BCUT2D eigenvalue weighted by atomic mass is 16.2. The van der Waals surface area contributed by atoms with E-state index in [9.17, 15) is 4.79 Å². The molecule has 4 heteroatoms. The van der Waals surface area contributed by atoms with Crippen LogP contribution in [0.25, 0.3) is 0 Å². The summed E-state index contributed by atoms with van der Waals surface area (Å²) >= 11 is 0. The molecule has 0 spiro atoms. The quantitative estimate of drug-likeness (QED) is 0.352. The van der Waals surface area contributed by atoms with Gasteiger partial charge in [0.2, 0.25) is 5.91 Å². The van der Waals surface area contributed by atoms with Crippen LogP contribution in [0.3, 0.4) is 0 Å². The summed E-state index contributed by atoms with van der Waals surface area (Å²) in [5, 5.41) is 2.34. The van der Waals surface area contributed by atoms with Crippen molar-refractivity contribution in [1.82, 2.24) is 5.32 Å². The largest absolute Gasteiger partial charge is 0.322 e. The molecule has 0 aromatic carbocycles. The molecule has 0 saturated heterocycles. The summed E-state index contributed by atoms with van der Waals surface area (Å²) in [5.41, 5.74) is 10.9. The smallest absolute Gasteiger partial charge is 0.248 e. The molecular formula is C6H13N3O. The molecule has 0 unspecified atom stereocenters. The third-order valence-electron chi connectivity index (χ3n) is 0.770. The maximum atomic E-state index is 10.8. The van der Waals surface area contributed by atoms with Gasteiger partial charge in [-0.3, -0.25) is 16.3 Å². The number of carbonyl (C=O) groups excluding carboxylic acids is 1. The monoisotopic (exact) mass is 143 g/mol. The predicted molar refractivity (Wildman–Crippen MR) is 39.7 cm³/mol. The van der Waals surface area contributed by atoms with E-state index in [0.29, 0.717) is 5.57 Å². The number of nitrogens with two attached hydrogens (primary N) is 2. The molecule has 0 aromatic heterocycles. The van der Waals surface area contributed by atoms with Crippen molar-refractivity contribution < 1.29 is 4.79 Å². The van der Waals surface area contributed by atoms with E-state index in [0.717, 1.165) is 0 Å². The Hall–Kier alpha value is -0.870. The van der Waals surface area contributed by atoms with Crippen molar-refractivity contribution in [2.45, 2.75) is 19.6 Å². The highest BCUT2D eigenvalue weighted by Gasteiger charge is 2.13. The van der Waals surface area contributed by atoms with E-state index in [2.05, 4.69) is 11.9 Å². The summed E-state index contributed by atoms with van der Waals surface area (Å²) in [6.45, 7) is 6.49. The van der Waals surface area contributed by atoms with E-state index in [1.165, 1.54) is 6.92 Å². The number of amides is 1. The molecule has 0 saturated carbocycles. The Morgan fingerprint density at radius 2 is 2.00 bits per heavy atom. The van der Waals surface area contributed by atoms with Crippen molar-refractivity contribution in [3.05, 3.63) is 12.2 Å². The lowest BCUT2D eigenvalue weighted by Crippen LogP contribution is -2.60. The first-order valence-electron chi connectivity index (χ1n) is 2.89. The summed E-state index contributed by atoms with van der Waals surface area (Å²) in [7, 11) is 0. The van der Waals surface area contributed by atoms with E-state index >= 15 is 0 Å². The van der Waals surface area contributed by atoms with Crippen LogP contribution in [-0.4, -0.2) is 11.7 Å². The summed E-state index contributed by atoms with van der Waals surface area (Å²) in [6, 6.07) is 0. The van der Waals surface area contributed by atoms with Crippen molar-refractivity contribution in [2.24, 2.45) is 11.5 Å². The van der Waals surface area contributed by atoms with Crippen LogP contribution < -0.4 is 16.8 Å². The zero-order valence-electron chi connectivity index (χ0n) is 6.27. The van der Waals surface area contributed by atoms with Crippen LogP contribution in [0, 0.1) is 0 Å². The van der Waals surface area contributed by atoms with Crippen LogP contribution in [0.1, 0.15) is 13.8 Å². The maximum Gasteiger partial charge on any atom is 0.248 e. The Kier molecular flexibility index (Phi) is 2.56. The van der Waals surface area contributed by atoms with E-state index in [4.69, 9.17) is 11.5 Å². The van der Waals surface area contributed by atoms with Gasteiger partial charge in [-0.05, 0) is 13.8 Å². The molecule has 0 aliphatic carbocycles.